The number of aryl methyl sites for hydroxylation is 1. The first-order chi connectivity index (χ1) is 11.1. The highest BCUT2D eigenvalue weighted by Gasteiger charge is 2.23. The number of benzene rings is 1. The van der Waals surface area contributed by atoms with E-state index in [0.29, 0.717) is 23.1 Å². The maximum atomic E-state index is 12.0. The summed E-state index contributed by atoms with van der Waals surface area (Å²) >= 11 is 6.11. The highest BCUT2D eigenvalue weighted by molar-refractivity contribution is 6.31. The van der Waals surface area contributed by atoms with Gasteiger partial charge in [-0.05, 0) is 49.6 Å². The fourth-order valence-corrected chi connectivity index (χ4v) is 2.55. The van der Waals surface area contributed by atoms with Crippen molar-refractivity contribution in [2.75, 3.05) is 17.2 Å². The Kier molecular flexibility index (Phi) is 4.79. The van der Waals surface area contributed by atoms with Gasteiger partial charge in [-0.3, -0.25) is 4.79 Å². The minimum atomic E-state index is -0.345. The Hall–Kier alpha value is -2.11. The first-order valence-electron chi connectivity index (χ1n) is 7.53. The van der Waals surface area contributed by atoms with Crippen LogP contribution < -0.4 is 10.6 Å². The molecule has 5 nitrogen and oxygen atoms in total. The second-order valence-electron chi connectivity index (χ2n) is 5.51. The molecule has 2 N–H and O–H groups in total. The molecule has 0 radical (unpaired) electrons. The second-order valence-corrected chi connectivity index (χ2v) is 5.92. The van der Waals surface area contributed by atoms with Gasteiger partial charge in [0.05, 0.1) is 11.9 Å². The van der Waals surface area contributed by atoms with Crippen molar-refractivity contribution in [2.45, 2.75) is 25.9 Å². The largest absolute Gasteiger partial charge is 0.368 e. The number of anilines is 3. The summed E-state index contributed by atoms with van der Waals surface area (Å²) in [5, 5.41) is 6.69. The molecule has 1 saturated heterocycles. The molecule has 1 atom stereocenters. The van der Waals surface area contributed by atoms with E-state index in [1.165, 1.54) is 0 Å². The van der Waals surface area contributed by atoms with E-state index in [4.69, 9.17) is 16.3 Å². The molecule has 0 aliphatic carbocycles. The van der Waals surface area contributed by atoms with Gasteiger partial charge in [0.2, 0.25) is 0 Å². The van der Waals surface area contributed by atoms with Crippen LogP contribution in [0.2, 0.25) is 5.02 Å². The first kappa shape index (κ1) is 15.8. The lowest BCUT2D eigenvalue weighted by Crippen LogP contribution is -2.26. The Morgan fingerprint density at radius 1 is 1.30 bits per heavy atom. The molecule has 23 heavy (non-hydrogen) atoms. The van der Waals surface area contributed by atoms with Crippen molar-refractivity contribution < 1.29 is 9.53 Å². The summed E-state index contributed by atoms with van der Waals surface area (Å²) in [5.41, 5.74) is 2.54. The summed E-state index contributed by atoms with van der Waals surface area (Å²) < 4.78 is 5.35. The van der Waals surface area contributed by atoms with Crippen molar-refractivity contribution >= 4 is 34.7 Å². The molecule has 2 heterocycles. The molecular weight excluding hydrogens is 314 g/mol. The van der Waals surface area contributed by atoms with Gasteiger partial charge in [-0.15, -0.1) is 0 Å². The summed E-state index contributed by atoms with van der Waals surface area (Å²) in [6.45, 7) is 2.61. The van der Waals surface area contributed by atoms with Crippen LogP contribution in [0.15, 0.2) is 36.5 Å². The predicted octanol–water partition coefficient (Wildman–Crippen LogP) is 3.90. The van der Waals surface area contributed by atoms with E-state index >= 15 is 0 Å². The maximum absolute atomic E-state index is 12.0. The predicted molar refractivity (Wildman–Crippen MR) is 91.3 cm³/mol. The number of pyridine rings is 1. The third kappa shape index (κ3) is 4.00. The van der Waals surface area contributed by atoms with Crippen molar-refractivity contribution in [3.05, 3.63) is 47.1 Å². The summed E-state index contributed by atoms with van der Waals surface area (Å²) in [4.78, 5) is 16.3. The van der Waals surface area contributed by atoms with Gasteiger partial charge in [-0.25, -0.2) is 4.98 Å². The second kappa shape index (κ2) is 6.98. The van der Waals surface area contributed by atoms with E-state index in [0.717, 1.165) is 24.1 Å². The van der Waals surface area contributed by atoms with Crippen LogP contribution in [0.1, 0.15) is 18.4 Å². The number of aromatic nitrogens is 1. The van der Waals surface area contributed by atoms with Crippen LogP contribution in [0.25, 0.3) is 0 Å². The van der Waals surface area contributed by atoms with Gasteiger partial charge in [0.1, 0.15) is 11.9 Å². The zero-order valence-electron chi connectivity index (χ0n) is 12.8. The number of carbonyl (C=O) groups is 1. The normalized spacial score (nSPS) is 17.0. The van der Waals surface area contributed by atoms with Crippen molar-refractivity contribution in [3.8, 4) is 0 Å². The van der Waals surface area contributed by atoms with E-state index in [2.05, 4.69) is 15.6 Å². The van der Waals surface area contributed by atoms with Gasteiger partial charge in [-0.2, -0.15) is 0 Å². The molecule has 1 aliphatic rings. The van der Waals surface area contributed by atoms with E-state index in [1.54, 1.807) is 18.3 Å². The van der Waals surface area contributed by atoms with Crippen LogP contribution in [-0.4, -0.2) is 23.6 Å². The smallest absolute Gasteiger partial charge is 0.253 e. The number of hydrogen-bond acceptors (Lipinski definition) is 4. The topological polar surface area (TPSA) is 63.2 Å². The monoisotopic (exact) mass is 331 g/mol. The molecule has 0 bridgehead atoms. The van der Waals surface area contributed by atoms with Crippen LogP contribution in [0.3, 0.4) is 0 Å². The molecule has 2 aromatic rings. The van der Waals surface area contributed by atoms with E-state index in [1.807, 2.05) is 25.1 Å². The third-order valence-corrected chi connectivity index (χ3v) is 4.10. The van der Waals surface area contributed by atoms with Crippen molar-refractivity contribution in [2.24, 2.45) is 0 Å². The Labute approximate surface area is 140 Å². The molecule has 1 aromatic heterocycles. The van der Waals surface area contributed by atoms with Gasteiger partial charge >= 0.3 is 0 Å². The van der Waals surface area contributed by atoms with Gasteiger partial charge < -0.3 is 15.4 Å². The molecular formula is C17H18ClN3O2. The van der Waals surface area contributed by atoms with Gasteiger partial charge in [0, 0.05) is 17.3 Å². The lowest BCUT2D eigenvalue weighted by molar-refractivity contribution is -0.124. The van der Waals surface area contributed by atoms with E-state index in [-0.39, 0.29) is 12.0 Å². The fraction of sp³-hybridized carbons (Fsp3) is 0.294. The van der Waals surface area contributed by atoms with E-state index < -0.39 is 0 Å². The minimum absolute atomic E-state index is 0.115. The lowest BCUT2D eigenvalue weighted by atomic mass is 10.2. The first-order valence-corrected chi connectivity index (χ1v) is 7.91. The number of hydrogen-bond donors (Lipinski definition) is 2. The number of halogens is 1. The summed E-state index contributed by atoms with van der Waals surface area (Å²) in [6, 6.07) is 9.35. The Bertz CT molecular complexity index is 697. The highest BCUT2D eigenvalue weighted by Crippen LogP contribution is 2.23. The molecule has 1 amide bonds. The zero-order chi connectivity index (χ0) is 16.2. The number of rotatable bonds is 4. The van der Waals surface area contributed by atoms with Gasteiger partial charge in [0.15, 0.2) is 0 Å². The molecule has 1 unspecified atom stereocenters. The quantitative estimate of drug-likeness (QED) is 0.891. The Balaban J connectivity index is 1.62. The molecule has 1 fully saturated rings. The summed E-state index contributed by atoms with van der Waals surface area (Å²) in [7, 11) is 0. The molecule has 6 heteroatoms. The highest BCUT2D eigenvalue weighted by atomic mass is 35.5. The number of carbonyl (C=O) groups excluding carboxylic acids is 1. The zero-order valence-corrected chi connectivity index (χ0v) is 13.6. The van der Waals surface area contributed by atoms with Crippen LogP contribution in [0.5, 0.6) is 0 Å². The number of amides is 1. The summed E-state index contributed by atoms with van der Waals surface area (Å²) in [6.07, 6.45) is 2.97. The van der Waals surface area contributed by atoms with Crippen molar-refractivity contribution in [3.63, 3.8) is 0 Å². The molecule has 1 aromatic carbocycles. The number of nitrogens with one attached hydrogen (secondary N) is 2. The maximum Gasteiger partial charge on any atom is 0.253 e. The van der Waals surface area contributed by atoms with E-state index in [9.17, 15) is 4.79 Å². The Morgan fingerprint density at radius 3 is 2.78 bits per heavy atom. The number of nitrogens with zero attached hydrogens (tertiary/aromatic N) is 1. The molecule has 120 valence electrons. The molecule has 0 spiro atoms. The fourth-order valence-electron chi connectivity index (χ4n) is 2.37. The average Bonchev–Trinajstić information content (AvgIpc) is 3.07. The van der Waals surface area contributed by atoms with Gasteiger partial charge in [-0.1, -0.05) is 17.7 Å². The minimum Gasteiger partial charge on any atom is -0.368 e. The van der Waals surface area contributed by atoms with Crippen LogP contribution in [-0.2, 0) is 9.53 Å². The average molecular weight is 332 g/mol. The summed E-state index contributed by atoms with van der Waals surface area (Å²) in [5.74, 6) is 0.565. The third-order valence-electron chi connectivity index (χ3n) is 3.70. The SMILES string of the molecule is Cc1ccc(Nc2ccc(NC(=O)C3CCCO3)cn2)cc1Cl. The lowest BCUT2D eigenvalue weighted by Gasteiger charge is -2.11. The molecule has 1 aliphatic heterocycles. The van der Waals surface area contributed by atoms with Crippen LogP contribution in [0.4, 0.5) is 17.2 Å². The van der Waals surface area contributed by atoms with Crippen molar-refractivity contribution in [1.82, 2.24) is 4.98 Å². The van der Waals surface area contributed by atoms with Crippen LogP contribution >= 0.6 is 11.6 Å². The Morgan fingerprint density at radius 2 is 2.13 bits per heavy atom. The van der Waals surface area contributed by atoms with Crippen molar-refractivity contribution in [1.29, 1.82) is 0 Å². The van der Waals surface area contributed by atoms with Crippen LogP contribution in [0, 0.1) is 6.92 Å². The molecule has 3 rings (SSSR count). The van der Waals surface area contributed by atoms with Gasteiger partial charge in [0.25, 0.3) is 5.91 Å². The molecule has 0 saturated carbocycles. The number of ether oxygens (including phenoxy) is 1. The standard InChI is InChI=1S/C17H18ClN3O2/c1-11-4-5-12(9-14(11)18)20-16-7-6-13(10-19-16)21-17(22)15-3-2-8-23-15/h4-7,9-10,15H,2-3,8H2,1H3,(H,19,20)(H,21,22).